The fraction of sp³-hybridized carbons (Fsp3) is 0.0455. The minimum absolute atomic E-state index is 0.287. The van der Waals surface area contributed by atoms with Crippen LogP contribution in [0.2, 0.25) is 5.02 Å². The number of hydrazone groups is 1. The minimum atomic E-state index is -0.533. The van der Waals surface area contributed by atoms with Crippen LogP contribution in [0.25, 0.3) is 0 Å². The molecule has 3 aromatic rings. The molecule has 0 aliphatic rings. The summed E-state index contributed by atoms with van der Waals surface area (Å²) in [6.45, 7) is 0. The Morgan fingerprint density at radius 2 is 1.80 bits per heavy atom. The van der Waals surface area contributed by atoms with E-state index < -0.39 is 11.9 Å². The van der Waals surface area contributed by atoms with E-state index in [2.05, 4.69) is 26.5 Å². The van der Waals surface area contributed by atoms with Crippen molar-refractivity contribution in [1.82, 2.24) is 5.43 Å². The Labute approximate surface area is 186 Å². The number of rotatable bonds is 6. The predicted molar refractivity (Wildman–Crippen MR) is 119 cm³/mol. The lowest BCUT2D eigenvalue weighted by molar-refractivity contribution is 0.0734. The summed E-state index contributed by atoms with van der Waals surface area (Å²) in [7, 11) is 1.55. The van der Waals surface area contributed by atoms with Gasteiger partial charge < -0.3 is 9.47 Å². The SMILES string of the molecule is COc1ccc(C(=O)Oc2ccc(Br)cc2/C=N\NC(=O)c2ccccc2Cl)cc1. The zero-order chi connectivity index (χ0) is 21.5. The lowest BCUT2D eigenvalue weighted by Crippen LogP contribution is -2.18. The molecule has 0 spiro atoms. The van der Waals surface area contributed by atoms with Crippen LogP contribution in [0.3, 0.4) is 0 Å². The van der Waals surface area contributed by atoms with Gasteiger partial charge in [0.1, 0.15) is 11.5 Å². The third kappa shape index (κ3) is 5.46. The number of nitrogens with zero attached hydrogens (tertiary/aromatic N) is 1. The molecule has 3 rings (SSSR count). The molecule has 0 saturated carbocycles. The molecule has 6 nitrogen and oxygen atoms in total. The number of ether oxygens (including phenoxy) is 2. The van der Waals surface area contributed by atoms with E-state index in [9.17, 15) is 9.59 Å². The van der Waals surface area contributed by atoms with Crippen molar-refractivity contribution < 1.29 is 19.1 Å². The first kappa shape index (κ1) is 21.5. The van der Waals surface area contributed by atoms with E-state index in [4.69, 9.17) is 21.1 Å². The molecule has 0 bridgehead atoms. The van der Waals surface area contributed by atoms with Crippen molar-refractivity contribution in [1.29, 1.82) is 0 Å². The summed E-state index contributed by atoms with van der Waals surface area (Å²) in [6, 6.07) is 18.3. The highest BCUT2D eigenvalue weighted by Crippen LogP contribution is 2.23. The third-order valence-corrected chi connectivity index (χ3v) is 4.81. The smallest absolute Gasteiger partial charge is 0.343 e. The van der Waals surface area contributed by atoms with Gasteiger partial charge >= 0.3 is 5.97 Å². The van der Waals surface area contributed by atoms with E-state index in [0.29, 0.717) is 27.5 Å². The van der Waals surface area contributed by atoms with E-state index in [-0.39, 0.29) is 5.75 Å². The first-order valence-corrected chi connectivity index (χ1v) is 9.89. The van der Waals surface area contributed by atoms with Crippen LogP contribution in [0.1, 0.15) is 26.3 Å². The number of carbonyl (C=O) groups is 2. The van der Waals surface area contributed by atoms with Gasteiger partial charge in [0.15, 0.2) is 0 Å². The van der Waals surface area contributed by atoms with E-state index in [1.165, 1.54) is 6.21 Å². The molecule has 1 amide bonds. The number of carbonyl (C=O) groups excluding carboxylic acids is 2. The molecule has 0 unspecified atom stereocenters. The van der Waals surface area contributed by atoms with Crippen molar-refractivity contribution in [3.05, 3.63) is 92.9 Å². The standard InChI is InChI=1S/C22H16BrClN2O4/c1-29-17-9-6-14(7-10-17)22(28)30-20-11-8-16(23)12-15(20)13-25-26-21(27)18-4-2-3-5-19(18)24/h2-13H,1H3,(H,26,27)/b25-13-. The molecule has 0 atom stereocenters. The lowest BCUT2D eigenvalue weighted by Gasteiger charge is -2.09. The topological polar surface area (TPSA) is 77.0 Å². The highest BCUT2D eigenvalue weighted by atomic mass is 79.9. The summed E-state index contributed by atoms with van der Waals surface area (Å²) < 4.78 is 11.3. The van der Waals surface area contributed by atoms with Gasteiger partial charge in [0.2, 0.25) is 0 Å². The van der Waals surface area contributed by atoms with E-state index in [0.717, 1.165) is 4.47 Å². The molecule has 0 fully saturated rings. The lowest BCUT2D eigenvalue weighted by atomic mass is 10.2. The molecule has 30 heavy (non-hydrogen) atoms. The van der Waals surface area contributed by atoms with E-state index in [1.807, 2.05) is 0 Å². The third-order valence-electron chi connectivity index (χ3n) is 3.99. The number of amides is 1. The number of benzene rings is 3. The van der Waals surface area contributed by atoms with Gasteiger partial charge in [-0.25, -0.2) is 10.2 Å². The fourth-order valence-corrected chi connectivity index (χ4v) is 3.07. The molecule has 152 valence electrons. The maximum Gasteiger partial charge on any atom is 0.343 e. The molecule has 1 N–H and O–H groups in total. The molecular formula is C22H16BrClN2O4. The molecule has 8 heteroatoms. The second kappa shape index (κ2) is 10.0. The van der Waals surface area contributed by atoms with Crippen molar-refractivity contribution >= 4 is 45.6 Å². The quantitative estimate of drug-likeness (QED) is 0.227. The van der Waals surface area contributed by atoms with Crippen LogP contribution in [0.15, 0.2) is 76.3 Å². The number of hydrogen-bond acceptors (Lipinski definition) is 5. The Hall–Kier alpha value is -3.16. The Kier molecular flexibility index (Phi) is 7.21. The van der Waals surface area contributed by atoms with Gasteiger partial charge in [-0.15, -0.1) is 0 Å². The monoisotopic (exact) mass is 486 g/mol. The first-order chi connectivity index (χ1) is 14.5. The molecule has 3 aromatic carbocycles. The number of halogens is 2. The molecule has 0 aliphatic heterocycles. The van der Waals surface area contributed by atoms with Crippen molar-refractivity contribution in [2.45, 2.75) is 0 Å². The van der Waals surface area contributed by atoms with Crippen molar-refractivity contribution in [2.75, 3.05) is 7.11 Å². The average Bonchev–Trinajstić information content (AvgIpc) is 2.75. The summed E-state index contributed by atoms with van der Waals surface area (Å²) in [4.78, 5) is 24.7. The molecule has 0 radical (unpaired) electrons. The summed E-state index contributed by atoms with van der Waals surface area (Å²) in [5, 5.41) is 4.27. The Morgan fingerprint density at radius 1 is 1.07 bits per heavy atom. The summed E-state index contributed by atoms with van der Waals surface area (Å²) in [6.07, 6.45) is 1.39. The van der Waals surface area contributed by atoms with Crippen molar-refractivity contribution in [2.24, 2.45) is 5.10 Å². The number of nitrogens with one attached hydrogen (secondary N) is 1. The second-order valence-electron chi connectivity index (χ2n) is 5.98. The van der Waals surface area contributed by atoms with Crippen LogP contribution in [-0.2, 0) is 0 Å². The van der Waals surface area contributed by atoms with Crippen LogP contribution in [-0.4, -0.2) is 25.2 Å². The minimum Gasteiger partial charge on any atom is -0.497 e. The molecule has 0 aliphatic carbocycles. The largest absolute Gasteiger partial charge is 0.497 e. The van der Waals surface area contributed by atoms with Gasteiger partial charge in [0, 0.05) is 10.0 Å². The van der Waals surface area contributed by atoms with Gasteiger partial charge in [0.05, 0.1) is 29.5 Å². The molecule has 0 saturated heterocycles. The van der Waals surface area contributed by atoms with Crippen molar-refractivity contribution in [3.8, 4) is 11.5 Å². The van der Waals surface area contributed by atoms with Crippen LogP contribution in [0.4, 0.5) is 0 Å². The fourth-order valence-electron chi connectivity index (χ4n) is 2.47. The van der Waals surface area contributed by atoms with Gasteiger partial charge in [0.25, 0.3) is 5.91 Å². The van der Waals surface area contributed by atoms with Gasteiger partial charge in [-0.2, -0.15) is 5.10 Å². The van der Waals surface area contributed by atoms with Gasteiger partial charge in [-0.05, 0) is 54.6 Å². The van der Waals surface area contributed by atoms with Crippen LogP contribution < -0.4 is 14.9 Å². The molecular weight excluding hydrogens is 472 g/mol. The Morgan fingerprint density at radius 3 is 2.50 bits per heavy atom. The molecule has 0 aromatic heterocycles. The second-order valence-corrected chi connectivity index (χ2v) is 7.30. The Balaban J connectivity index is 1.74. The van der Waals surface area contributed by atoms with Crippen LogP contribution >= 0.6 is 27.5 Å². The predicted octanol–water partition coefficient (Wildman–Crippen LogP) is 5.09. The summed E-state index contributed by atoms with van der Waals surface area (Å²) in [5.74, 6) is -0.0645. The summed E-state index contributed by atoms with van der Waals surface area (Å²) in [5.41, 5.74) is 3.57. The zero-order valence-corrected chi connectivity index (χ0v) is 18.1. The average molecular weight is 488 g/mol. The van der Waals surface area contributed by atoms with E-state index in [1.54, 1.807) is 73.8 Å². The maximum absolute atomic E-state index is 12.5. The first-order valence-electron chi connectivity index (χ1n) is 8.71. The number of hydrogen-bond donors (Lipinski definition) is 1. The van der Waals surface area contributed by atoms with Gasteiger partial charge in [-0.1, -0.05) is 39.7 Å². The van der Waals surface area contributed by atoms with E-state index >= 15 is 0 Å². The van der Waals surface area contributed by atoms with Gasteiger partial charge in [-0.3, -0.25) is 4.79 Å². The highest BCUT2D eigenvalue weighted by molar-refractivity contribution is 9.10. The summed E-state index contributed by atoms with van der Waals surface area (Å²) >= 11 is 9.38. The van der Waals surface area contributed by atoms with Crippen molar-refractivity contribution in [3.63, 3.8) is 0 Å². The van der Waals surface area contributed by atoms with Crippen LogP contribution in [0, 0.1) is 0 Å². The Bertz CT molecular complexity index is 1100. The number of methoxy groups -OCH3 is 1. The number of esters is 1. The normalized spacial score (nSPS) is 10.6. The highest BCUT2D eigenvalue weighted by Gasteiger charge is 2.12. The maximum atomic E-state index is 12.5. The van der Waals surface area contributed by atoms with Crippen LogP contribution in [0.5, 0.6) is 11.5 Å². The molecule has 0 heterocycles. The zero-order valence-electron chi connectivity index (χ0n) is 15.8.